The van der Waals surface area contributed by atoms with E-state index in [9.17, 15) is 17.6 Å². The number of nitrogens with zero attached hydrogens (tertiary/aromatic N) is 1. The molecule has 110 valence electrons. The van der Waals surface area contributed by atoms with Gasteiger partial charge in [0.2, 0.25) is 0 Å². The molecule has 1 aliphatic rings. The van der Waals surface area contributed by atoms with E-state index < -0.39 is 28.0 Å². The number of rotatable bonds is 4. The number of benzene rings is 1. The maximum Gasteiger partial charge on any atom is 0.322 e. The Hall–Kier alpha value is -1.67. The van der Waals surface area contributed by atoms with Crippen molar-refractivity contribution in [2.24, 2.45) is 0 Å². The van der Waals surface area contributed by atoms with Gasteiger partial charge in [-0.3, -0.25) is 9.52 Å². The Balaban J connectivity index is 2.22. The average molecular weight is 302 g/mol. The molecule has 2 N–H and O–H groups in total. The fraction of sp³-hybridized carbons (Fsp3) is 0.417. The number of nitrogens with one attached hydrogen (secondary N) is 1. The number of piperidine rings is 1. The largest absolute Gasteiger partial charge is 0.480 e. The van der Waals surface area contributed by atoms with Crippen LogP contribution in [-0.4, -0.2) is 36.4 Å². The van der Waals surface area contributed by atoms with Crippen molar-refractivity contribution in [1.29, 1.82) is 0 Å². The minimum absolute atomic E-state index is 0.0692. The zero-order chi connectivity index (χ0) is 14.8. The molecular formula is C12H15FN2O4S. The molecular weight excluding hydrogens is 287 g/mol. The molecule has 0 saturated carbocycles. The Bertz CT molecular complexity index is 605. The molecule has 6 nitrogen and oxygen atoms in total. The van der Waals surface area contributed by atoms with Crippen molar-refractivity contribution >= 4 is 21.9 Å². The lowest BCUT2D eigenvalue weighted by atomic mass is 10.1. The summed E-state index contributed by atoms with van der Waals surface area (Å²) in [6.07, 6.45) is 1.55. The molecule has 0 aliphatic carbocycles. The number of carboxylic acids is 1. The van der Waals surface area contributed by atoms with Crippen LogP contribution in [0.2, 0.25) is 0 Å². The third-order valence-electron chi connectivity index (χ3n) is 3.12. The second-order valence-corrected chi connectivity index (χ2v) is 6.20. The molecule has 20 heavy (non-hydrogen) atoms. The summed E-state index contributed by atoms with van der Waals surface area (Å²) < 4.78 is 40.6. The highest BCUT2D eigenvalue weighted by atomic mass is 32.2. The number of carbonyl (C=O) groups is 1. The first-order valence-electron chi connectivity index (χ1n) is 6.18. The minimum atomic E-state index is -4.01. The van der Waals surface area contributed by atoms with Gasteiger partial charge in [0.25, 0.3) is 0 Å². The molecule has 1 aromatic carbocycles. The van der Waals surface area contributed by atoms with E-state index in [1.165, 1.54) is 18.2 Å². The predicted octanol–water partition coefficient (Wildman–Crippen LogP) is 1.42. The Morgan fingerprint density at radius 3 is 2.80 bits per heavy atom. The Morgan fingerprint density at radius 2 is 2.15 bits per heavy atom. The van der Waals surface area contributed by atoms with E-state index in [1.54, 1.807) is 0 Å². The minimum Gasteiger partial charge on any atom is -0.480 e. The molecule has 0 spiro atoms. The highest BCUT2D eigenvalue weighted by molar-refractivity contribution is 7.90. The van der Waals surface area contributed by atoms with E-state index in [1.807, 2.05) is 0 Å². The third kappa shape index (κ3) is 3.26. The molecule has 8 heteroatoms. The van der Waals surface area contributed by atoms with Crippen molar-refractivity contribution in [3.05, 3.63) is 30.1 Å². The van der Waals surface area contributed by atoms with Gasteiger partial charge in [0.1, 0.15) is 11.9 Å². The van der Waals surface area contributed by atoms with E-state index >= 15 is 0 Å². The first-order chi connectivity index (χ1) is 9.40. The van der Waals surface area contributed by atoms with Crippen molar-refractivity contribution in [2.45, 2.75) is 25.3 Å². The lowest BCUT2D eigenvalue weighted by molar-refractivity contribution is -0.142. The van der Waals surface area contributed by atoms with E-state index in [-0.39, 0.29) is 18.7 Å². The highest BCUT2D eigenvalue weighted by Crippen LogP contribution is 2.22. The van der Waals surface area contributed by atoms with E-state index in [4.69, 9.17) is 5.11 Å². The summed E-state index contributed by atoms with van der Waals surface area (Å²) in [4.78, 5) is 11.1. The Morgan fingerprint density at radius 1 is 1.40 bits per heavy atom. The first kappa shape index (κ1) is 14.7. The smallest absolute Gasteiger partial charge is 0.322 e. The number of hydrogen-bond acceptors (Lipinski definition) is 3. The van der Waals surface area contributed by atoms with Gasteiger partial charge in [-0.05, 0) is 37.5 Å². The monoisotopic (exact) mass is 302 g/mol. The van der Waals surface area contributed by atoms with Gasteiger partial charge in [0.15, 0.2) is 0 Å². The van der Waals surface area contributed by atoms with Crippen LogP contribution in [-0.2, 0) is 15.0 Å². The van der Waals surface area contributed by atoms with Crippen LogP contribution < -0.4 is 4.72 Å². The summed E-state index contributed by atoms with van der Waals surface area (Å²) >= 11 is 0. The molecule has 0 radical (unpaired) electrons. The molecule has 1 atom stereocenters. The fourth-order valence-electron chi connectivity index (χ4n) is 2.20. The van der Waals surface area contributed by atoms with Crippen molar-refractivity contribution in [3.8, 4) is 0 Å². The summed E-state index contributed by atoms with van der Waals surface area (Å²) in [5.41, 5.74) is 0.0692. The summed E-state index contributed by atoms with van der Waals surface area (Å²) in [5, 5.41) is 9.09. The number of carboxylic acid groups (broad SMARTS) is 1. The SMILES string of the molecule is O=C(O)C1CCCCN1S(=O)(=O)Nc1cccc(F)c1. The van der Waals surface area contributed by atoms with Crippen LogP contribution >= 0.6 is 0 Å². The van der Waals surface area contributed by atoms with Crippen molar-refractivity contribution < 1.29 is 22.7 Å². The van der Waals surface area contributed by atoms with E-state index in [0.717, 1.165) is 10.4 Å². The molecule has 1 saturated heterocycles. The number of anilines is 1. The van der Waals surface area contributed by atoms with Gasteiger partial charge in [-0.25, -0.2) is 4.39 Å². The second-order valence-electron chi connectivity index (χ2n) is 4.58. The van der Waals surface area contributed by atoms with Crippen molar-refractivity contribution in [1.82, 2.24) is 4.31 Å². The predicted molar refractivity (Wildman–Crippen MR) is 70.9 cm³/mol. The van der Waals surface area contributed by atoms with Crippen LogP contribution in [0.25, 0.3) is 0 Å². The number of aliphatic carboxylic acids is 1. The zero-order valence-electron chi connectivity index (χ0n) is 10.6. The molecule has 2 rings (SSSR count). The topological polar surface area (TPSA) is 86.7 Å². The average Bonchev–Trinajstić information content (AvgIpc) is 2.38. The Labute approximate surface area is 116 Å². The van der Waals surface area contributed by atoms with Crippen LogP contribution in [0, 0.1) is 5.82 Å². The standard InChI is InChI=1S/C12H15FN2O4S/c13-9-4-3-5-10(8-9)14-20(18,19)15-7-2-1-6-11(15)12(16)17/h3-5,8,11,14H,1-2,6-7H2,(H,16,17). The van der Waals surface area contributed by atoms with Gasteiger partial charge in [0, 0.05) is 6.54 Å². The second kappa shape index (κ2) is 5.76. The molecule has 1 aliphatic heterocycles. The van der Waals surface area contributed by atoms with Crippen molar-refractivity contribution in [2.75, 3.05) is 11.3 Å². The summed E-state index contributed by atoms with van der Waals surface area (Å²) in [5.74, 6) is -1.74. The first-order valence-corrected chi connectivity index (χ1v) is 7.62. The third-order valence-corrected chi connectivity index (χ3v) is 4.67. The summed E-state index contributed by atoms with van der Waals surface area (Å²) in [7, 11) is -4.01. The van der Waals surface area contributed by atoms with E-state index in [2.05, 4.69) is 4.72 Å². The fourth-order valence-corrected chi connectivity index (χ4v) is 3.64. The van der Waals surface area contributed by atoms with Crippen LogP contribution in [0.5, 0.6) is 0 Å². The maximum atomic E-state index is 13.0. The van der Waals surface area contributed by atoms with Gasteiger partial charge in [-0.2, -0.15) is 12.7 Å². The van der Waals surface area contributed by atoms with Gasteiger partial charge in [-0.15, -0.1) is 0 Å². The molecule has 1 heterocycles. The number of hydrogen-bond donors (Lipinski definition) is 2. The zero-order valence-corrected chi connectivity index (χ0v) is 11.4. The lowest BCUT2D eigenvalue weighted by Crippen LogP contribution is -2.49. The number of halogens is 1. The van der Waals surface area contributed by atoms with E-state index in [0.29, 0.717) is 12.8 Å². The van der Waals surface area contributed by atoms with Gasteiger partial charge in [-0.1, -0.05) is 6.07 Å². The van der Waals surface area contributed by atoms with Gasteiger partial charge in [0.05, 0.1) is 5.69 Å². The molecule has 1 aromatic rings. The van der Waals surface area contributed by atoms with Crippen LogP contribution in [0.1, 0.15) is 19.3 Å². The molecule has 0 amide bonds. The highest BCUT2D eigenvalue weighted by Gasteiger charge is 2.36. The quantitative estimate of drug-likeness (QED) is 0.880. The molecule has 1 unspecified atom stereocenters. The molecule has 0 aromatic heterocycles. The van der Waals surface area contributed by atoms with Crippen LogP contribution in [0.15, 0.2) is 24.3 Å². The summed E-state index contributed by atoms with van der Waals surface area (Å²) in [6.45, 7) is 0.140. The molecule has 0 bridgehead atoms. The normalized spacial score (nSPS) is 20.6. The lowest BCUT2D eigenvalue weighted by Gasteiger charge is -2.31. The Kier molecular flexibility index (Phi) is 4.24. The van der Waals surface area contributed by atoms with Crippen LogP contribution in [0.4, 0.5) is 10.1 Å². The maximum absolute atomic E-state index is 13.0. The van der Waals surface area contributed by atoms with Gasteiger partial charge < -0.3 is 5.11 Å². The summed E-state index contributed by atoms with van der Waals surface area (Å²) in [6, 6.07) is 3.93. The van der Waals surface area contributed by atoms with Crippen molar-refractivity contribution in [3.63, 3.8) is 0 Å². The van der Waals surface area contributed by atoms with Crippen LogP contribution in [0.3, 0.4) is 0 Å². The van der Waals surface area contributed by atoms with Gasteiger partial charge >= 0.3 is 16.2 Å². The molecule has 1 fully saturated rings.